The van der Waals surface area contributed by atoms with Gasteiger partial charge in [0.25, 0.3) is 5.91 Å². The lowest BCUT2D eigenvalue weighted by atomic mass is 10.1. The number of aromatic carboxylic acids is 1. The number of hydrogen-bond donors (Lipinski definition) is 3. The molecule has 4 aromatic heterocycles. The van der Waals surface area contributed by atoms with Crippen molar-refractivity contribution in [3.63, 3.8) is 0 Å². The largest absolute Gasteiger partial charge is 0.516 e. The molecule has 0 radical (unpaired) electrons. The van der Waals surface area contributed by atoms with E-state index in [0.717, 1.165) is 24.7 Å². The monoisotopic (exact) mass is 1120 g/mol. The molecule has 0 fully saturated rings. The van der Waals surface area contributed by atoms with Gasteiger partial charge in [-0.2, -0.15) is 53.4 Å². The van der Waals surface area contributed by atoms with E-state index in [-0.39, 0.29) is 64.5 Å². The van der Waals surface area contributed by atoms with Crippen molar-refractivity contribution in [1.82, 2.24) is 32.7 Å². The van der Waals surface area contributed by atoms with E-state index in [0.29, 0.717) is 64.4 Å². The number of rotatable bonds is 11. The van der Waals surface area contributed by atoms with Gasteiger partial charge in [-0.05, 0) is 62.1 Å². The summed E-state index contributed by atoms with van der Waals surface area (Å²) in [7, 11) is -11.0. The number of sulfonamides is 2. The van der Waals surface area contributed by atoms with Crippen LogP contribution in [0.15, 0.2) is 59.0 Å². The van der Waals surface area contributed by atoms with E-state index >= 15 is 0 Å². The second-order valence-electron chi connectivity index (χ2n) is 15.1. The lowest BCUT2D eigenvalue weighted by molar-refractivity contribution is -0.0477. The lowest BCUT2D eigenvalue weighted by Crippen LogP contribution is -2.46. The van der Waals surface area contributed by atoms with Crippen molar-refractivity contribution in [3.05, 3.63) is 104 Å². The molecule has 19 nitrogen and oxygen atoms in total. The smallest absolute Gasteiger partial charge is 0.477 e. The first-order valence-electron chi connectivity index (χ1n) is 20.7. The molecule has 0 saturated carbocycles. The summed E-state index contributed by atoms with van der Waals surface area (Å²) >= 11 is 2.98. The average molecular weight is 1120 g/mol. The van der Waals surface area contributed by atoms with Crippen LogP contribution in [0.2, 0.25) is 0 Å². The molecule has 0 unspecified atom stereocenters. The van der Waals surface area contributed by atoms with Gasteiger partial charge in [0.05, 0.1) is 48.9 Å². The fraction of sp³-hybridized carbons (Fsp3) is 0.350. The Morgan fingerprint density at radius 1 is 0.708 bits per heavy atom. The number of amides is 1. The number of aryl methyl sites for hydroxylation is 4. The van der Waals surface area contributed by atoms with E-state index in [4.69, 9.17) is 10.8 Å². The van der Waals surface area contributed by atoms with Crippen LogP contribution >= 0.6 is 35.1 Å². The van der Waals surface area contributed by atoms with Crippen LogP contribution in [0.1, 0.15) is 67.1 Å². The van der Waals surface area contributed by atoms with Crippen molar-refractivity contribution in [1.29, 1.82) is 0 Å². The Morgan fingerprint density at radius 2 is 1.12 bits per heavy atom. The second kappa shape index (κ2) is 22.3. The van der Waals surface area contributed by atoms with Crippen LogP contribution in [0, 0.1) is 25.5 Å². The lowest BCUT2D eigenvalue weighted by Gasteiger charge is -2.29. The van der Waals surface area contributed by atoms with Crippen LogP contribution in [0.25, 0.3) is 9.92 Å². The van der Waals surface area contributed by atoms with E-state index in [9.17, 15) is 61.5 Å². The molecule has 8 rings (SSSR count). The number of nitrogens with one attached hydrogen (secondary N) is 1. The molecule has 0 aliphatic carbocycles. The molecule has 6 heterocycles. The fourth-order valence-electron chi connectivity index (χ4n) is 6.84. The highest BCUT2D eigenvalue weighted by Crippen LogP contribution is 2.31. The topological polar surface area (TPSA) is 233 Å². The summed E-state index contributed by atoms with van der Waals surface area (Å²) < 4.78 is 153. The number of benzene rings is 2. The average Bonchev–Trinajstić information content (AvgIpc) is 4.05. The Bertz CT molecular complexity index is 3250. The number of alkyl halides is 6. The van der Waals surface area contributed by atoms with E-state index in [1.54, 1.807) is 14.9 Å². The molecular weight excluding hydrogens is 1080 g/mol. The molecule has 6 aromatic rings. The Labute approximate surface area is 419 Å². The van der Waals surface area contributed by atoms with E-state index in [1.807, 2.05) is 40.1 Å². The minimum Gasteiger partial charge on any atom is -0.477 e. The first-order chi connectivity index (χ1) is 33.2. The maximum Gasteiger partial charge on any atom is 0.516 e. The van der Waals surface area contributed by atoms with Gasteiger partial charge in [-0.15, -0.1) is 35.1 Å². The van der Waals surface area contributed by atoms with Crippen molar-refractivity contribution >= 4 is 101 Å². The Hall–Kier alpha value is -6.15. The summed E-state index contributed by atoms with van der Waals surface area (Å²) in [5.41, 5.74) is -2.50. The van der Waals surface area contributed by atoms with E-state index in [1.165, 1.54) is 53.0 Å². The number of fused-ring (bicyclic) bond motifs is 2. The maximum absolute atomic E-state index is 14.7. The number of hydrogen-bond acceptors (Lipinski definition) is 15. The van der Waals surface area contributed by atoms with Crippen LogP contribution in [-0.2, 0) is 46.0 Å². The van der Waals surface area contributed by atoms with Crippen molar-refractivity contribution in [2.45, 2.75) is 64.6 Å². The maximum atomic E-state index is 14.7. The first-order valence-corrected chi connectivity index (χ1v) is 25.3. The minimum absolute atomic E-state index is 0. The zero-order valence-electron chi connectivity index (χ0n) is 37.9. The molecule has 0 bridgehead atoms. The second-order valence-corrected chi connectivity index (χ2v) is 21.3. The number of nitrogens with zero attached hydrogens (tertiary/aromatic N) is 10. The SMILES string of the molecule is CCc1nc2sc(C)cn2c1C(=O)NCc1ccc(N2CCN(S(=O)(=O)C(F)(F)F)C=N2)c(F)c1.CCc1nc2sc(C)cn2c1C(=O)O.Cl.NCc1ccc(N2CCN(S(=O)(=O)C(F)(F)F)C=N2)c(F)c1. The molecule has 1 amide bonds. The van der Waals surface area contributed by atoms with E-state index in [2.05, 4.69) is 25.5 Å². The molecule has 392 valence electrons. The molecule has 0 atom stereocenters. The summed E-state index contributed by atoms with van der Waals surface area (Å²) in [6, 6.07) is 8.18. The number of carbonyl (C=O) groups is 2. The van der Waals surface area contributed by atoms with Crippen molar-refractivity contribution in [2.75, 3.05) is 36.2 Å². The van der Waals surface area contributed by atoms with Crippen molar-refractivity contribution in [3.8, 4) is 0 Å². The third kappa shape index (κ3) is 12.0. The van der Waals surface area contributed by atoms with Crippen LogP contribution in [0.5, 0.6) is 0 Å². The summed E-state index contributed by atoms with van der Waals surface area (Å²) in [6.07, 6.45) is 5.88. The number of aromatic nitrogens is 4. The number of nitrogens with two attached hydrogens (primary N) is 1. The number of thiazole rings is 2. The third-order valence-corrected chi connectivity index (χ3v) is 15.0. The fourth-order valence-corrected chi connectivity index (χ4v) is 10.0. The molecule has 0 saturated heterocycles. The molecule has 72 heavy (non-hydrogen) atoms. The van der Waals surface area contributed by atoms with Gasteiger partial charge < -0.3 is 16.2 Å². The van der Waals surface area contributed by atoms with Crippen molar-refractivity contribution < 1.29 is 66.7 Å². The number of carboxylic acid groups (broad SMARTS) is 1. The van der Waals surface area contributed by atoms with Gasteiger partial charge in [0.2, 0.25) is 0 Å². The summed E-state index contributed by atoms with van der Waals surface area (Å²) in [5, 5.41) is 21.1. The Morgan fingerprint density at radius 3 is 1.50 bits per heavy atom. The molecule has 32 heteroatoms. The van der Waals surface area contributed by atoms with Gasteiger partial charge in [0.1, 0.15) is 30.0 Å². The molecule has 0 spiro atoms. The number of carboxylic acids is 1. The number of halogens is 9. The molecule has 2 aromatic carbocycles. The Kier molecular flexibility index (Phi) is 17.6. The summed E-state index contributed by atoms with van der Waals surface area (Å²) in [4.78, 5) is 36.1. The molecular formula is C40H43ClF8N12O7S4. The zero-order valence-corrected chi connectivity index (χ0v) is 42.0. The third-order valence-electron chi connectivity index (χ3n) is 10.3. The summed E-state index contributed by atoms with van der Waals surface area (Å²) in [5.74, 6) is -2.64. The standard InChI is InChI=1S/C20H20F4N6O3S2.C11H12F4N4O2S.C9H10N2O2S.ClH/c1-3-15-17(29-10-12(2)34-19(29)27-15)18(31)25-9-13-4-5-16(14(21)8-13)30-7-6-28(11-26-30)35(32,33)20(22,23)24;12-9-5-8(6-16)1-2-10(9)19-4-3-18(7-17-19)22(20,21)11(13,14)15;1-3-6-7(8(12)13)11-4-5(2)14-9(11)10-6;/h4-5,8,10-11H,3,6-7,9H2,1-2H3,(H,25,31);1-2,5,7H,3-4,6,16H2;4H,3H2,1-2H3,(H,12,13);1H. The molecule has 2 aliphatic rings. The quantitative estimate of drug-likeness (QED) is 0.113. The van der Waals surface area contributed by atoms with E-state index < -0.39 is 61.8 Å². The molecule has 2 aliphatic heterocycles. The number of imidazole rings is 2. The van der Waals surface area contributed by atoms with Gasteiger partial charge in [0, 0.05) is 35.2 Å². The predicted molar refractivity (Wildman–Crippen MR) is 255 cm³/mol. The van der Waals surface area contributed by atoms with Gasteiger partial charge in [-0.25, -0.2) is 32.2 Å². The normalized spacial score (nSPS) is 14.2. The highest BCUT2D eigenvalue weighted by molar-refractivity contribution is 7.90. The number of anilines is 2. The zero-order chi connectivity index (χ0) is 52.4. The first kappa shape index (κ1) is 56.8. The van der Waals surface area contributed by atoms with Crippen LogP contribution in [-0.4, -0.2) is 111 Å². The van der Waals surface area contributed by atoms with Gasteiger partial charge in [-0.1, -0.05) is 26.0 Å². The van der Waals surface area contributed by atoms with Crippen LogP contribution in [0.4, 0.5) is 46.5 Å². The highest BCUT2D eigenvalue weighted by atomic mass is 35.5. The number of carbonyl (C=O) groups excluding carboxylic acids is 1. The van der Waals surface area contributed by atoms with Gasteiger partial charge in [-0.3, -0.25) is 23.6 Å². The van der Waals surface area contributed by atoms with Crippen molar-refractivity contribution in [2.24, 2.45) is 15.9 Å². The number of hydrazone groups is 2. The summed E-state index contributed by atoms with van der Waals surface area (Å²) in [6.45, 7) is 6.27. The minimum atomic E-state index is -5.56. The van der Waals surface area contributed by atoms with Gasteiger partial charge in [0.15, 0.2) is 15.6 Å². The molecule has 4 N–H and O–H groups in total. The Balaban J connectivity index is 0.000000221. The van der Waals surface area contributed by atoms with Gasteiger partial charge >= 0.3 is 37.0 Å². The highest BCUT2D eigenvalue weighted by Gasteiger charge is 2.51. The van der Waals surface area contributed by atoms with Crippen LogP contribution in [0.3, 0.4) is 0 Å². The predicted octanol–water partition coefficient (Wildman–Crippen LogP) is 6.84. The van der Waals surface area contributed by atoms with Crippen LogP contribution < -0.4 is 21.1 Å².